The normalized spacial score (nSPS) is 10.4. The van der Waals surface area contributed by atoms with Crippen molar-refractivity contribution >= 4 is 60.3 Å². The summed E-state index contributed by atoms with van der Waals surface area (Å²) in [6.07, 6.45) is 0. The highest BCUT2D eigenvalue weighted by Crippen LogP contribution is 2.42. The van der Waals surface area contributed by atoms with Crippen LogP contribution in [0, 0.1) is 36.2 Å². The average molecular weight is 480 g/mol. The van der Waals surface area contributed by atoms with Crippen LogP contribution in [0.25, 0.3) is 0 Å². The molecule has 0 heterocycles. The van der Waals surface area contributed by atoms with Gasteiger partial charge in [0.1, 0.15) is 5.82 Å². The lowest BCUT2D eigenvalue weighted by atomic mass is 10.2. The van der Waals surface area contributed by atoms with Gasteiger partial charge in [0.25, 0.3) is 5.69 Å². The predicted octanol–water partition coefficient (Wildman–Crippen LogP) is 4.82. The fourth-order valence-corrected chi connectivity index (χ4v) is 2.66. The summed E-state index contributed by atoms with van der Waals surface area (Å²) in [5.41, 5.74) is -3.27. The van der Waals surface area contributed by atoms with Gasteiger partial charge in [-0.1, -0.05) is 15.9 Å². The van der Waals surface area contributed by atoms with Crippen molar-refractivity contribution in [1.29, 1.82) is 0 Å². The number of nitro groups is 3. The Bertz CT molecular complexity index is 888. The second-order valence-corrected chi connectivity index (χ2v) is 6.21. The van der Waals surface area contributed by atoms with E-state index in [1.54, 1.807) is 0 Å². The zero-order chi connectivity index (χ0) is 18.9. The van der Waals surface area contributed by atoms with Gasteiger partial charge in [-0.3, -0.25) is 30.3 Å². The van der Waals surface area contributed by atoms with E-state index in [-0.39, 0.29) is 14.6 Å². The highest BCUT2D eigenvalue weighted by molar-refractivity contribution is 9.11. The molecular formula is C12H5Br2FN4O6. The van der Waals surface area contributed by atoms with Gasteiger partial charge in [0.2, 0.25) is 0 Å². The van der Waals surface area contributed by atoms with Crippen LogP contribution in [0.15, 0.2) is 33.2 Å². The molecule has 0 aliphatic carbocycles. The molecule has 130 valence electrons. The first-order chi connectivity index (χ1) is 11.6. The Morgan fingerprint density at radius 2 is 1.40 bits per heavy atom. The molecule has 0 fully saturated rings. The zero-order valence-electron chi connectivity index (χ0n) is 11.7. The molecule has 2 rings (SSSR count). The van der Waals surface area contributed by atoms with Crippen molar-refractivity contribution < 1.29 is 19.2 Å². The molecule has 0 amide bonds. The minimum absolute atomic E-state index is 0.0491. The van der Waals surface area contributed by atoms with Gasteiger partial charge in [0.05, 0.1) is 37.1 Å². The Balaban J connectivity index is 2.73. The first-order valence-corrected chi connectivity index (χ1v) is 7.73. The third-order valence-corrected chi connectivity index (χ3v) is 4.20. The Labute approximate surface area is 154 Å². The Kier molecular flexibility index (Phi) is 5.27. The van der Waals surface area contributed by atoms with E-state index in [0.717, 1.165) is 6.07 Å². The van der Waals surface area contributed by atoms with E-state index in [0.29, 0.717) is 12.1 Å². The quantitative estimate of drug-likeness (QED) is 0.368. The summed E-state index contributed by atoms with van der Waals surface area (Å²) in [5.74, 6) is -0.732. The Morgan fingerprint density at radius 3 is 1.84 bits per heavy atom. The number of hydrogen-bond acceptors (Lipinski definition) is 7. The van der Waals surface area contributed by atoms with Crippen LogP contribution in [-0.4, -0.2) is 14.8 Å². The molecule has 0 aliphatic heterocycles. The van der Waals surface area contributed by atoms with E-state index in [2.05, 4.69) is 37.2 Å². The van der Waals surface area contributed by atoms with E-state index in [1.165, 1.54) is 6.07 Å². The third-order valence-electron chi connectivity index (χ3n) is 2.94. The van der Waals surface area contributed by atoms with E-state index in [4.69, 9.17) is 0 Å². The number of anilines is 2. The number of non-ortho nitro benzene ring substituents is 1. The van der Waals surface area contributed by atoms with Crippen molar-refractivity contribution in [2.45, 2.75) is 0 Å². The van der Waals surface area contributed by atoms with Crippen LogP contribution in [-0.2, 0) is 0 Å². The van der Waals surface area contributed by atoms with E-state index >= 15 is 0 Å². The minimum Gasteiger partial charge on any atom is -0.343 e. The van der Waals surface area contributed by atoms with E-state index in [1.807, 2.05) is 0 Å². The molecule has 0 radical (unpaired) electrons. The lowest BCUT2D eigenvalue weighted by Crippen LogP contribution is -2.04. The van der Waals surface area contributed by atoms with Gasteiger partial charge in [0, 0.05) is 4.47 Å². The average Bonchev–Trinajstić information content (AvgIpc) is 2.51. The van der Waals surface area contributed by atoms with Crippen molar-refractivity contribution in [3.8, 4) is 0 Å². The van der Waals surface area contributed by atoms with Crippen LogP contribution in [0.3, 0.4) is 0 Å². The van der Waals surface area contributed by atoms with Crippen molar-refractivity contribution in [3.63, 3.8) is 0 Å². The molecule has 0 unspecified atom stereocenters. The van der Waals surface area contributed by atoms with Crippen LogP contribution in [0.5, 0.6) is 0 Å². The summed E-state index contributed by atoms with van der Waals surface area (Å²) in [6.45, 7) is 0. The van der Waals surface area contributed by atoms with Crippen LogP contribution >= 0.6 is 31.9 Å². The topological polar surface area (TPSA) is 141 Å². The highest BCUT2D eigenvalue weighted by Gasteiger charge is 2.31. The summed E-state index contributed by atoms with van der Waals surface area (Å²) >= 11 is 5.95. The number of nitrogens with zero attached hydrogens (tertiary/aromatic N) is 3. The molecule has 0 bridgehead atoms. The molecule has 2 aromatic carbocycles. The third kappa shape index (κ3) is 3.88. The van der Waals surface area contributed by atoms with E-state index < -0.39 is 43.3 Å². The van der Waals surface area contributed by atoms with Gasteiger partial charge in [-0.05, 0) is 28.1 Å². The predicted molar refractivity (Wildman–Crippen MR) is 91.5 cm³/mol. The smallest absolute Gasteiger partial charge is 0.306 e. The standard InChI is InChI=1S/C12H5Br2FN4O6/c13-5-1-7(15)11(14)8(2-5)16-12-9(18(22)23)3-6(17(20)21)4-10(12)19(24)25/h1-4,16H. The summed E-state index contributed by atoms with van der Waals surface area (Å²) in [5, 5.41) is 35.6. The van der Waals surface area contributed by atoms with Crippen molar-refractivity contribution in [2.75, 3.05) is 5.32 Å². The molecular weight excluding hydrogens is 475 g/mol. The first-order valence-electron chi connectivity index (χ1n) is 6.14. The molecule has 13 heteroatoms. The summed E-state index contributed by atoms with van der Waals surface area (Å²) in [4.78, 5) is 30.2. The number of nitro benzene ring substituents is 3. The largest absolute Gasteiger partial charge is 0.343 e. The number of nitrogens with one attached hydrogen (secondary N) is 1. The number of rotatable bonds is 5. The zero-order valence-corrected chi connectivity index (χ0v) is 14.9. The van der Waals surface area contributed by atoms with Crippen molar-refractivity contribution in [3.05, 3.63) is 69.4 Å². The van der Waals surface area contributed by atoms with E-state index in [9.17, 15) is 34.7 Å². The maximum atomic E-state index is 13.8. The molecule has 0 atom stereocenters. The summed E-state index contributed by atoms with van der Waals surface area (Å²) in [7, 11) is 0. The first kappa shape index (κ1) is 18.7. The molecule has 0 aliphatic rings. The molecule has 0 saturated carbocycles. The molecule has 0 spiro atoms. The monoisotopic (exact) mass is 478 g/mol. The molecule has 1 N–H and O–H groups in total. The maximum Gasteiger partial charge on any atom is 0.306 e. The fraction of sp³-hybridized carbons (Fsp3) is 0. The van der Waals surface area contributed by atoms with Crippen molar-refractivity contribution in [2.24, 2.45) is 0 Å². The molecule has 2 aromatic rings. The molecule has 0 saturated heterocycles. The number of benzene rings is 2. The lowest BCUT2D eigenvalue weighted by Gasteiger charge is -2.11. The van der Waals surface area contributed by atoms with Gasteiger partial charge in [-0.25, -0.2) is 4.39 Å². The maximum absolute atomic E-state index is 13.8. The summed E-state index contributed by atoms with van der Waals surface area (Å²) < 4.78 is 13.9. The molecule has 25 heavy (non-hydrogen) atoms. The number of hydrogen-bond donors (Lipinski definition) is 1. The second-order valence-electron chi connectivity index (χ2n) is 4.50. The number of halogens is 3. The Morgan fingerprint density at radius 1 is 0.880 bits per heavy atom. The van der Waals surface area contributed by atoms with Gasteiger partial charge in [0.15, 0.2) is 5.69 Å². The lowest BCUT2D eigenvalue weighted by molar-refractivity contribution is -0.401. The van der Waals surface area contributed by atoms with Gasteiger partial charge in [-0.2, -0.15) is 0 Å². The minimum atomic E-state index is -1.01. The summed E-state index contributed by atoms with van der Waals surface area (Å²) in [6, 6.07) is 3.59. The SMILES string of the molecule is O=[N+]([O-])c1cc([N+](=O)[O-])c(Nc2cc(Br)cc(F)c2Br)c([N+](=O)[O-])c1. The van der Waals surface area contributed by atoms with Gasteiger partial charge < -0.3 is 5.32 Å². The highest BCUT2D eigenvalue weighted by atomic mass is 79.9. The molecule has 10 nitrogen and oxygen atoms in total. The Hall–Kier alpha value is -2.67. The molecule has 0 aromatic heterocycles. The second kappa shape index (κ2) is 7.06. The van der Waals surface area contributed by atoms with Crippen LogP contribution < -0.4 is 5.32 Å². The van der Waals surface area contributed by atoms with Gasteiger partial charge in [-0.15, -0.1) is 0 Å². The van der Waals surface area contributed by atoms with Crippen LogP contribution in [0.1, 0.15) is 0 Å². The van der Waals surface area contributed by atoms with Crippen molar-refractivity contribution in [1.82, 2.24) is 0 Å². The van der Waals surface area contributed by atoms with Gasteiger partial charge >= 0.3 is 11.4 Å². The van der Waals surface area contributed by atoms with Crippen LogP contribution in [0.4, 0.5) is 32.8 Å². The van der Waals surface area contributed by atoms with Crippen LogP contribution in [0.2, 0.25) is 0 Å². The fourth-order valence-electron chi connectivity index (χ4n) is 1.90.